The molecule has 0 bridgehead atoms. The van der Waals surface area contributed by atoms with Crippen molar-refractivity contribution in [2.75, 3.05) is 18.4 Å². The summed E-state index contributed by atoms with van der Waals surface area (Å²) in [5.74, 6) is -2.63. The van der Waals surface area contributed by atoms with Crippen LogP contribution in [0.3, 0.4) is 0 Å². The van der Waals surface area contributed by atoms with Crippen LogP contribution in [0.1, 0.15) is 32.6 Å². The first kappa shape index (κ1) is 22.2. The summed E-state index contributed by atoms with van der Waals surface area (Å²) in [6.07, 6.45) is 2.67. The van der Waals surface area contributed by atoms with E-state index in [1.807, 2.05) is 0 Å². The van der Waals surface area contributed by atoms with E-state index in [1.54, 1.807) is 12.1 Å². The van der Waals surface area contributed by atoms with Crippen LogP contribution >= 0.6 is 0 Å². The maximum atomic E-state index is 13.3. The number of ether oxygens (including phenoxy) is 1. The average molecular weight is 438 g/mol. The fraction of sp³-hybridized carbons (Fsp3) is 0.381. The molecule has 1 fully saturated rings. The van der Waals surface area contributed by atoms with E-state index in [0.717, 1.165) is 37.8 Å². The Morgan fingerprint density at radius 1 is 1.03 bits per heavy atom. The normalized spacial score (nSPS) is 16.5. The van der Waals surface area contributed by atoms with Gasteiger partial charge in [0.05, 0.1) is 4.90 Å². The molecule has 3 rings (SSSR count). The van der Waals surface area contributed by atoms with Gasteiger partial charge in [0.1, 0.15) is 5.75 Å². The van der Waals surface area contributed by atoms with Crippen LogP contribution in [0.25, 0.3) is 0 Å². The predicted octanol–water partition coefficient (Wildman–Crippen LogP) is 3.94. The maximum Gasteiger partial charge on any atom is 0.265 e. The highest BCUT2D eigenvalue weighted by molar-refractivity contribution is 7.89. The molecule has 6 nitrogen and oxygen atoms in total. The monoisotopic (exact) mass is 438 g/mol. The molecule has 1 amide bonds. The first-order valence-electron chi connectivity index (χ1n) is 9.80. The molecule has 1 aliphatic heterocycles. The number of anilines is 1. The topological polar surface area (TPSA) is 75.7 Å². The molecule has 0 radical (unpaired) electrons. The van der Waals surface area contributed by atoms with Crippen LogP contribution in [-0.4, -0.2) is 37.8 Å². The minimum atomic E-state index is -3.65. The van der Waals surface area contributed by atoms with Crippen LogP contribution in [0.5, 0.6) is 5.75 Å². The molecule has 0 aliphatic carbocycles. The molecule has 1 heterocycles. The van der Waals surface area contributed by atoms with Gasteiger partial charge in [-0.2, -0.15) is 4.31 Å². The summed E-state index contributed by atoms with van der Waals surface area (Å²) in [6, 6.07) is 9.01. The first-order chi connectivity index (χ1) is 14.3. The zero-order valence-electron chi connectivity index (χ0n) is 16.6. The summed E-state index contributed by atoms with van der Waals surface area (Å²) in [5.41, 5.74) is 0.302. The number of benzene rings is 2. The van der Waals surface area contributed by atoms with Gasteiger partial charge in [-0.15, -0.1) is 0 Å². The molecule has 0 saturated carbocycles. The lowest BCUT2D eigenvalue weighted by Gasteiger charge is -2.20. The third-order valence-electron chi connectivity index (χ3n) is 4.88. The molecule has 1 saturated heterocycles. The van der Waals surface area contributed by atoms with Crippen molar-refractivity contribution in [1.29, 1.82) is 0 Å². The van der Waals surface area contributed by atoms with Crippen molar-refractivity contribution in [3.05, 3.63) is 54.1 Å². The van der Waals surface area contributed by atoms with Gasteiger partial charge in [-0.3, -0.25) is 4.79 Å². The SMILES string of the molecule is CC(Oc1ccc(F)c(F)c1)C(=O)Nc1cccc(S(=O)(=O)N2CCCCCC2)c1. The van der Waals surface area contributed by atoms with Crippen molar-refractivity contribution >= 4 is 21.6 Å². The van der Waals surface area contributed by atoms with Crippen molar-refractivity contribution < 1.29 is 26.7 Å². The number of rotatable bonds is 6. The van der Waals surface area contributed by atoms with Crippen molar-refractivity contribution in [1.82, 2.24) is 4.31 Å². The highest BCUT2D eigenvalue weighted by Gasteiger charge is 2.25. The Morgan fingerprint density at radius 3 is 2.40 bits per heavy atom. The Morgan fingerprint density at radius 2 is 1.73 bits per heavy atom. The molecule has 1 unspecified atom stereocenters. The Balaban J connectivity index is 1.69. The molecule has 1 aliphatic rings. The molecule has 162 valence electrons. The molecule has 0 aromatic heterocycles. The number of carbonyl (C=O) groups is 1. The lowest BCUT2D eigenvalue weighted by atomic mass is 10.2. The molecule has 0 spiro atoms. The number of nitrogens with one attached hydrogen (secondary N) is 1. The van der Waals surface area contributed by atoms with Crippen molar-refractivity contribution in [2.45, 2.75) is 43.6 Å². The number of amides is 1. The van der Waals surface area contributed by atoms with E-state index in [9.17, 15) is 22.0 Å². The van der Waals surface area contributed by atoms with Gasteiger partial charge < -0.3 is 10.1 Å². The molecule has 1 atom stereocenters. The minimum Gasteiger partial charge on any atom is -0.481 e. The van der Waals surface area contributed by atoms with Crippen LogP contribution < -0.4 is 10.1 Å². The lowest BCUT2D eigenvalue weighted by Crippen LogP contribution is -2.32. The van der Waals surface area contributed by atoms with E-state index in [2.05, 4.69) is 5.32 Å². The van der Waals surface area contributed by atoms with Gasteiger partial charge in [-0.25, -0.2) is 17.2 Å². The quantitative estimate of drug-likeness (QED) is 0.741. The van der Waals surface area contributed by atoms with E-state index in [0.29, 0.717) is 18.8 Å². The maximum absolute atomic E-state index is 13.3. The largest absolute Gasteiger partial charge is 0.481 e. The van der Waals surface area contributed by atoms with E-state index >= 15 is 0 Å². The van der Waals surface area contributed by atoms with Crippen LogP contribution in [0.4, 0.5) is 14.5 Å². The second-order valence-corrected chi connectivity index (χ2v) is 9.11. The predicted molar refractivity (Wildman–Crippen MR) is 109 cm³/mol. The van der Waals surface area contributed by atoms with Crippen LogP contribution in [0.15, 0.2) is 47.4 Å². The molecular weight excluding hydrogens is 414 g/mol. The Kier molecular flexibility index (Phi) is 7.04. The van der Waals surface area contributed by atoms with Gasteiger partial charge >= 0.3 is 0 Å². The number of halogens is 2. The van der Waals surface area contributed by atoms with Gasteiger partial charge in [-0.05, 0) is 50.1 Å². The Hall–Kier alpha value is -2.52. The molecule has 30 heavy (non-hydrogen) atoms. The molecular formula is C21H24F2N2O4S. The van der Waals surface area contributed by atoms with E-state index in [1.165, 1.54) is 29.4 Å². The number of carbonyl (C=O) groups excluding carboxylic acids is 1. The van der Waals surface area contributed by atoms with E-state index in [-0.39, 0.29) is 10.6 Å². The van der Waals surface area contributed by atoms with Crippen molar-refractivity contribution in [3.63, 3.8) is 0 Å². The molecule has 2 aromatic rings. The first-order valence-corrected chi connectivity index (χ1v) is 11.2. The minimum absolute atomic E-state index is 0.00837. The zero-order chi connectivity index (χ0) is 21.7. The lowest BCUT2D eigenvalue weighted by molar-refractivity contribution is -0.122. The van der Waals surface area contributed by atoms with Gasteiger partial charge in [0.15, 0.2) is 17.7 Å². The van der Waals surface area contributed by atoms with Crippen LogP contribution in [0, 0.1) is 11.6 Å². The van der Waals surface area contributed by atoms with E-state index in [4.69, 9.17) is 4.74 Å². The summed E-state index contributed by atoms with van der Waals surface area (Å²) < 4.78 is 59.0. The third-order valence-corrected chi connectivity index (χ3v) is 6.77. The van der Waals surface area contributed by atoms with Gasteiger partial charge in [0.2, 0.25) is 10.0 Å². The summed E-state index contributed by atoms with van der Waals surface area (Å²) >= 11 is 0. The standard InChI is InChI=1S/C21H24F2N2O4S/c1-15(29-17-9-10-19(22)20(23)14-17)21(26)24-16-7-6-8-18(13-16)30(27,28)25-11-4-2-3-5-12-25/h6-10,13-15H,2-5,11-12H2,1H3,(H,24,26). The summed E-state index contributed by atoms with van der Waals surface area (Å²) in [6.45, 7) is 2.42. The van der Waals surface area contributed by atoms with Gasteiger partial charge in [-0.1, -0.05) is 18.9 Å². The fourth-order valence-corrected chi connectivity index (χ4v) is 4.78. The highest BCUT2D eigenvalue weighted by Crippen LogP contribution is 2.23. The summed E-state index contributed by atoms with van der Waals surface area (Å²) in [5, 5.41) is 2.60. The number of hydrogen-bond donors (Lipinski definition) is 1. The van der Waals surface area contributed by atoms with E-state index < -0.39 is 33.7 Å². The summed E-state index contributed by atoms with van der Waals surface area (Å²) in [7, 11) is -3.65. The average Bonchev–Trinajstić information content (AvgIpc) is 3.01. The second kappa shape index (κ2) is 9.53. The van der Waals surface area contributed by atoms with Crippen LogP contribution in [-0.2, 0) is 14.8 Å². The zero-order valence-corrected chi connectivity index (χ0v) is 17.4. The second-order valence-electron chi connectivity index (χ2n) is 7.17. The number of hydrogen-bond acceptors (Lipinski definition) is 4. The Bertz CT molecular complexity index is 1010. The fourth-order valence-electron chi connectivity index (χ4n) is 3.22. The van der Waals surface area contributed by atoms with Gasteiger partial charge in [0.25, 0.3) is 5.91 Å². The van der Waals surface area contributed by atoms with Crippen LogP contribution in [0.2, 0.25) is 0 Å². The molecule has 9 heteroatoms. The molecule has 1 N–H and O–H groups in total. The van der Waals surface area contributed by atoms with Crippen molar-refractivity contribution in [2.24, 2.45) is 0 Å². The Labute approximate surface area is 174 Å². The molecule has 2 aromatic carbocycles. The third kappa shape index (κ3) is 5.34. The van der Waals surface area contributed by atoms with Gasteiger partial charge in [0, 0.05) is 24.8 Å². The number of sulfonamides is 1. The smallest absolute Gasteiger partial charge is 0.265 e. The summed E-state index contributed by atoms with van der Waals surface area (Å²) in [4.78, 5) is 12.5. The number of nitrogens with zero attached hydrogens (tertiary/aromatic N) is 1. The van der Waals surface area contributed by atoms with Crippen molar-refractivity contribution in [3.8, 4) is 5.75 Å². The highest BCUT2D eigenvalue weighted by atomic mass is 32.2.